The fourth-order valence-corrected chi connectivity index (χ4v) is 3.72. The van der Waals surface area contributed by atoms with E-state index in [1.165, 1.54) is 25.3 Å². The smallest absolute Gasteiger partial charge is 0.126 e. The van der Waals surface area contributed by atoms with Crippen molar-refractivity contribution in [2.75, 3.05) is 18.0 Å². The van der Waals surface area contributed by atoms with Gasteiger partial charge in [0.15, 0.2) is 0 Å². The molecule has 0 amide bonds. The molecular weight excluding hydrogens is 241 g/mol. The fourth-order valence-electron chi connectivity index (χ4n) is 3.72. The number of hydrogen-bond acceptors (Lipinski definition) is 2. The molecule has 1 aromatic rings. The lowest BCUT2D eigenvalue weighted by Crippen LogP contribution is -2.23. The first-order chi connectivity index (χ1) is 9.06. The molecule has 2 unspecified atom stereocenters. The summed E-state index contributed by atoms with van der Waals surface area (Å²) in [4.78, 5) is 2.35. The van der Waals surface area contributed by atoms with Crippen molar-refractivity contribution in [2.24, 2.45) is 11.8 Å². The molecule has 2 aliphatic rings. The van der Waals surface area contributed by atoms with Crippen molar-refractivity contribution in [3.05, 3.63) is 29.1 Å². The topological polar surface area (TPSA) is 23.5 Å². The predicted molar refractivity (Wildman–Crippen MR) is 74.8 cm³/mol. The van der Waals surface area contributed by atoms with Gasteiger partial charge in [0, 0.05) is 24.3 Å². The van der Waals surface area contributed by atoms with Crippen LogP contribution in [0, 0.1) is 24.6 Å². The molecule has 3 atom stereocenters. The SMILES string of the molecule is Cc1cc(N2CC3CCCC3C2)c([C@@H](C)O)cc1F. The lowest BCUT2D eigenvalue weighted by molar-refractivity contribution is 0.199. The van der Waals surface area contributed by atoms with Gasteiger partial charge in [-0.2, -0.15) is 0 Å². The van der Waals surface area contributed by atoms with Gasteiger partial charge in [-0.25, -0.2) is 4.39 Å². The Hall–Kier alpha value is -1.09. The summed E-state index contributed by atoms with van der Waals surface area (Å²) in [5, 5.41) is 9.89. The summed E-state index contributed by atoms with van der Waals surface area (Å²) in [6.07, 6.45) is 3.39. The van der Waals surface area contributed by atoms with Crippen molar-refractivity contribution >= 4 is 5.69 Å². The van der Waals surface area contributed by atoms with Gasteiger partial charge >= 0.3 is 0 Å². The highest BCUT2D eigenvalue weighted by atomic mass is 19.1. The first kappa shape index (κ1) is 12.9. The summed E-state index contributed by atoms with van der Waals surface area (Å²) in [6, 6.07) is 3.40. The van der Waals surface area contributed by atoms with E-state index in [0.29, 0.717) is 5.56 Å². The molecule has 1 saturated heterocycles. The van der Waals surface area contributed by atoms with Crippen molar-refractivity contribution in [1.29, 1.82) is 0 Å². The van der Waals surface area contributed by atoms with Crippen molar-refractivity contribution in [1.82, 2.24) is 0 Å². The lowest BCUT2D eigenvalue weighted by atomic mass is 10.0. The molecule has 1 aliphatic carbocycles. The molecule has 2 nitrogen and oxygen atoms in total. The van der Waals surface area contributed by atoms with Gasteiger partial charge in [0.05, 0.1) is 6.10 Å². The van der Waals surface area contributed by atoms with E-state index in [4.69, 9.17) is 0 Å². The zero-order chi connectivity index (χ0) is 13.6. The molecule has 2 fully saturated rings. The van der Waals surface area contributed by atoms with Gasteiger partial charge in [-0.05, 0) is 56.2 Å². The standard InChI is InChI=1S/C16H22FNO/c1-10-6-16(14(11(2)19)7-15(10)17)18-8-12-4-3-5-13(12)9-18/h6-7,11-13,19H,3-5,8-9H2,1-2H3/t11-,12?,13?/m1/s1. The van der Waals surface area contributed by atoms with Crippen LogP contribution in [0.4, 0.5) is 10.1 Å². The Labute approximate surface area is 114 Å². The summed E-state index contributed by atoms with van der Waals surface area (Å²) in [5.74, 6) is 1.37. The number of aliphatic hydroxyl groups excluding tert-OH is 1. The Balaban J connectivity index is 1.93. The van der Waals surface area contributed by atoms with Gasteiger partial charge in [0.1, 0.15) is 5.82 Å². The van der Waals surface area contributed by atoms with Crippen molar-refractivity contribution < 1.29 is 9.50 Å². The van der Waals surface area contributed by atoms with Crippen molar-refractivity contribution in [3.8, 4) is 0 Å². The van der Waals surface area contributed by atoms with E-state index in [9.17, 15) is 9.50 Å². The third-order valence-corrected chi connectivity index (χ3v) is 4.82. The van der Waals surface area contributed by atoms with E-state index in [1.807, 2.05) is 6.07 Å². The second-order valence-corrected chi connectivity index (χ2v) is 6.19. The summed E-state index contributed by atoms with van der Waals surface area (Å²) in [7, 11) is 0. The van der Waals surface area contributed by atoms with Crippen LogP contribution in [0.1, 0.15) is 43.4 Å². The monoisotopic (exact) mass is 263 g/mol. The van der Waals surface area contributed by atoms with Crippen LogP contribution in [0.25, 0.3) is 0 Å². The Kier molecular flexibility index (Phi) is 3.25. The minimum absolute atomic E-state index is 0.223. The Morgan fingerprint density at radius 3 is 2.47 bits per heavy atom. The van der Waals surface area contributed by atoms with Crippen molar-refractivity contribution in [2.45, 2.75) is 39.2 Å². The van der Waals surface area contributed by atoms with Crippen LogP contribution in [-0.2, 0) is 0 Å². The average molecular weight is 263 g/mol. The first-order valence-electron chi connectivity index (χ1n) is 7.29. The van der Waals surface area contributed by atoms with Gasteiger partial charge in [-0.3, -0.25) is 0 Å². The molecule has 1 heterocycles. The third kappa shape index (κ3) is 2.25. The second kappa shape index (κ2) is 4.78. The fraction of sp³-hybridized carbons (Fsp3) is 0.625. The number of rotatable bonds is 2. The molecule has 3 rings (SSSR count). The van der Waals surface area contributed by atoms with Gasteiger partial charge in [-0.15, -0.1) is 0 Å². The molecular formula is C16H22FNO. The van der Waals surface area contributed by atoms with Crippen LogP contribution in [-0.4, -0.2) is 18.2 Å². The van der Waals surface area contributed by atoms with Crippen LogP contribution in [0.3, 0.4) is 0 Å². The maximum atomic E-state index is 13.7. The van der Waals surface area contributed by atoms with E-state index < -0.39 is 6.10 Å². The van der Waals surface area contributed by atoms with Gasteiger partial charge in [0.25, 0.3) is 0 Å². The van der Waals surface area contributed by atoms with E-state index in [-0.39, 0.29) is 5.82 Å². The van der Waals surface area contributed by atoms with Gasteiger partial charge in [-0.1, -0.05) is 6.42 Å². The predicted octanol–water partition coefficient (Wildman–Crippen LogP) is 3.42. The average Bonchev–Trinajstić information content (AvgIpc) is 2.92. The molecule has 1 saturated carbocycles. The Morgan fingerprint density at radius 2 is 1.89 bits per heavy atom. The maximum Gasteiger partial charge on any atom is 0.126 e. The zero-order valence-electron chi connectivity index (χ0n) is 11.7. The number of nitrogens with zero attached hydrogens (tertiary/aromatic N) is 1. The lowest BCUT2D eigenvalue weighted by Gasteiger charge is -2.25. The normalized spacial score (nSPS) is 27.7. The van der Waals surface area contributed by atoms with E-state index >= 15 is 0 Å². The molecule has 0 spiro atoms. The maximum absolute atomic E-state index is 13.7. The minimum atomic E-state index is -0.620. The number of hydrogen-bond donors (Lipinski definition) is 1. The molecule has 104 valence electrons. The number of benzene rings is 1. The summed E-state index contributed by atoms with van der Waals surface area (Å²) in [5.41, 5.74) is 2.42. The highest BCUT2D eigenvalue weighted by Crippen LogP contribution is 2.41. The Bertz CT molecular complexity index is 474. The summed E-state index contributed by atoms with van der Waals surface area (Å²) < 4.78 is 13.7. The number of aliphatic hydroxyl groups is 1. The Morgan fingerprint density at radius 1 is 1.26 bits per heavy atom. The molecule has 0 aromatic heterocycles. The van der Waals surface area contributed by atoms with Crippen LogP contribution >= 0.6 is 0 Å². The van der Waals surface area contributed by atoms with E-state index in [0.717, 1.165) is 36.2 Å². The zero-order valence-corrected chi connectivity index (χ0v) is 11.7. The third-order valence-electron chi connectivity index (χ3n) is 4.82. The molecule has 0 bridgehead atoms. The molecule has 1 aromatic carbocycles. The van der Waals surface area contributed by atoms with Gasteiger partial charge < -0.3 is 10.0 Å². The highest BCUT2D eigenvalue weighted by molar-refractivity contribution is 5.57. The number of aryl methyl sites for hydroxylation is 1. The first-order valence-corrected chi connectivity index (χ1v) is 7.29. The molecule has 3 heteroatoms. The summed E-state index contributed by atoms with van der Waals surface area (Å²) in [6.45, 7) is 5.64. The highest BCUT2D eigenvalue weighted by Gasteiger charge is 2.37. The largest absolute Gasteiger partial charge is 0.389 e. The summed E-state index contributed by atoms with van der Waals surface area (Å²) >= 11 is 0. The van der Waals surface area contributed by atoms with Gasteiger partial charge in [0.2, 0.25) is 0 Å². The van der Waals surface area contributed by atoms with Crippen LogP contribution in [0.5, 0.6) is 0 Å². The van der Waals surface area contributed by atoms with Crippen LogP contribution in [0.2, 0.25) is 0 Å². The molecule has 1 N–H and O–H groups in total. The van der Waals surface area contributed by atoms with Crippen LogP contribution in [0.15, 0.2) is 12.1 Å². The van der Waals surface area contributed by atoms with E-state index in [2.05, 4.69) is 4.90 Å². The number of anilines is 1. The van der Waals surface area contributed by atoms with E-state index in [1.54, 1.807) is 13.8 Å². The second-order valence-electron chi connectivity index (χ2n) is 6.19. The van der Waals surface area contributed by atoms with Crippen molar-refractivity contribution in [3.63, 3.8) is 0 Å². The molecule has 19 heavy (non-hydrogen) atoms. The van der Waals surface area contributed by atoms with Crippen LogP contribution < -0.4 is 4.90 Å². The number of halogens is 1. The number of fused-ring (bicyclic) bond motifs is 1. The quantitative estimate of drug-likeness (QED) is 0.883. The minimum Gasteiger partial charge on any atom is -0.389 e. The molecule has 0 radical (unpaired) electrons. The molecule has 1 aliphatic heterocycles.